The van der Waals surface area contributed by atoms with E-state index < -0.39 is 5.40 Å². The van der Waals surface area contributed by atoms with Crippen molar-refractivity contribution in [2.45, 2.75) is 5.40 Å². The van der Waals surface area contributed by atoms with Crippen molar-refractivity contribution in [3.8, 4) is 0 Å². The molecular weight excluding hydrogens is 254 g/mol. The average Bonchev–Trinajstić information content (AvgIpc) is 2.45. The summed E-state index contributed by atoms with van der Waals surface area (Å²) >= 11 is 3.39. The van der Waals surface area contributed by atoms with Crippen LogP contribution in [0.25, 0.3) is 10.9 Å². The Morgan fingerprint density at radius 3 is 2.73 bits per heavy atom. The molecule has 0 aliphatic rings. The Morgan fingerprint density at radius 1 is 1.47 bits per heavy atom. The lowest BCUT2D eigenvalue weighted by atomic mass is 9.61. The van der Waals surface area contributed by atoms with Crippen molar-refractivity contribution in [1.82, 2.24) is 9.78 Å². The van der Waals surface area contributed by atoms with Gasteiger partial charge in [-0.3, -0.25) is 4.68 Å². The van der Waals surface area contributed by atoms with E-state index in [1.165, 1.54) is 0 Å². The fourth-order valence-electron chi connectivity index (χ4n) is 1.51. The molecule has 1 aromatic carbocycles. The molecule has 1 heterocycles. The lowest BCUT2D eigenvalue weighted by Gasteiger charge is -2.19. The topological polar surface area (TPSA) is 38.0 Å². The summed E-state index contributed by atoms with van der Waals surface area (Å²) in [6, 6.07) is 3.43. The number of hydrogen-bond acceptors (Lipinski definition) is 2. The van der Waals surface area contributed by atoms with Crippen LogP contribution in [-0.2, 0) is 12.4 Å². The second kappa shape index (κ2) is 3.39. The van der Waals surface area contributed by atoms with Crippen molar-refractivity contribution < 1.29 is 5.11 Å². The van der Waals surface area contributed by atoms with E-state index in [0.29, 0.717) is 11.1 Å². The minimum atomic E-state index is -1.87. The van der Waals surface area contributed by atoms with Gasteiger partial charge in [0, 0.05) is 28.5 Å². The molecule has 0 saturated carbocycles. The van der Waals surface area contributed by atoms with Gasteiger partial charge in [0.05, 0.1) is 5.52 Å². The van der Waals surface area contributed by atoms with Crippen LogP contribution in [0.4, 0.5) is 0 Å². The number of aromatic nitrogens is 2. The first-order valence-electron chi connectivity index (χ1n) is 4.32. The third-order valence-corrected chi connectivity index (χ3v) is 2.86. The number of benzene rings is 1. The van der Waals surface area contributed by atoms with Crippen LogP contribution in [0.1, 0.15) is 5.56 Å². The molecule has 0 bridgehead atoms. The van der Waals surface area contributed by atoms with Gasteiger partial charge in [0.1, 0.15) is 15.7 Å². The van der Waals surface area contributed by atoms with Crippen molar-refractivity contribution >= 4 is 42.5 Å². The summed E-state index contributed by atoms with van der Waals surface area (Å²) in [5, 5.41) is 12.8. The molecule has 72 valence electrons. The highest BCUT2D eigenvalue weighted by atomic mass is 79.9. The van der Waals surface area contributed by atoms with Crippen molar-refractivity contribution in [2.75, 3.05) is 0 Å². The molecule has 0 fully saturated rings. The highest BCUT2D eigenvalue weighted by molar-refractivity contribution is 9.10. The first kappa shape index (κ1) is 10.8. The van der Waals surface area contributed by atoms with Gasteiger partial charge < -0.3 is 5.11 Å². The molecule has 2 rings (SSSR count). The van der Waals surface area contributed by atoms with E-state index in [4.69, 9.17) is 15.7 Å². The average molecular weight is 261 g/mol. The van der Waals surface area contributed by atoms with Gasteiger partial charge in [-0.15, -0.1) is 0 Å². The van der Waals surface area contributed by atoms with Gasteiger partial charge in [-0.25, -0.2) is 0 Å². The minimum Gasteiger partial charge on any atom is -0.405 e. The molecule has 2 aromatic rings. The molecule has 3 nitrogen and oxygen atoms in total. The zero-order valence-electron chi connectivity index (χ0n) is 8.11. The number of aliphatic hydroxyl groups is 1. The lowest BCUT2D eigenvalue weighted by Crippen LogP contribution is -2.26. The predicted octanol–water partition coefficient (Wildman–Crippen LogP) is 0.775. The van der Waals surface area contributed by atoms with Crippen molar-refractivity contribution in [1.29, 1.82) is 0 Å². The third kappa shape index (κ3) is 1.84. The highest BCUT2D eigenvalue weighted by Crippen LogP contribution is 2.29. The maximum absolute atomic E-state index is 9.58. The number of aryl methyl sites for hydroxylation is 1. The predicted molar refractivity (Wildman–Crippen MR) is 63.8 cm³/mol. The smallest absolute Gasteiger partial charge is 0.105 e. The minimum absolute atomic E-state index is 0.404. The molecule has 0 atom stereocenters. The Labute approximate surface area is 98.4 Å². The SMILES string of the molecule is [B]C([B])(O)c1ccc(Br)c2cn(C)nc12. The van der Waals surface area contributed by atoms with Gasteiger partial charge in [-0.1, -0.05) is 22.0 Å². The van der Waals surface area contributed by atoms with E-state index in [1.807, 2.05) is 6.20 Å². The van der Waals surface area contributed by atoms with E-state index >= 15 is 0 Å². The largest absolute Gasteiger partial charge is 0.405 e. The van der Waals surface area contributed by atoms with Gasteiger partial charge in [0.2, 0.25) is 0 Å². The van der Waals surface area contributed by atoms with Crippen LogP contribution in [-0.4, -0.2) is 30.6 Å². The number of nitrogens with zero attached hydrogens (tertiary/aromatic N) is 2. The van der Waals surface area contributed by atoms with Gasteiger partial charge in [-0.2, -0.15) is 5.10 Å². The number of rotatable bonds is 1. The van der Waals surface area contributed by atoms with Crippen LogP contribution < -0.4 is 0 Å². The summed E-state index contributed by atoms with van der Waals surface area (Å²) in [5.41, 5.74) is 1.00. The summed E-state index contributed by atoms with van der Waals surface area (Å²) in [6.45, 7) is 0. The molecule has 0 saturated heterocycles. The lowest BCUT2D eigenvalue weighted by molar-refractivity contribution is 0.218. The Bertz CT molecular complexity index is 519. The Hall–Kier alpha value is -0.740. The monoisotopic (exact) mass is 260 g/mol. The van der Waals surface area contributed by atoms with E-state index in [1.54, 1.807) is 23.9 Å². The molecule has 15 heavy (non-hydrogen) atoms. The second-order valence-corrected chi connectivity index (χ2v) is 4.34. The molecule has 0 unspecified atom stereocenters. The van der Waals surface area contributed by atoms with Crippen molar-refractivity contribution in [3.63, 3.8) is 0 Å². The maximum atomic E-state index is 9.58. The fourth-order valence-corrected chi connectivity index (χ4v) is 1.93. The first-order valence-corrected chi connectivity index (χ1v) is 5.11. The van der Waals surface area contributed by atoms with Crippen LogP contribution >= 0.6 is 15.9 Å². The molecule has 0 aliphatic carbocycles. The van der Waals surface area contributed by atoms with Gasteiger partial charge >= 0.3 is 0 Å². The van der Waals surface area contributed by atoms with E-state index in [2.05, 4.69) is 21.0 Å². The quantitative estimate of drug-likeness (QED) is 0.770. The Morgan fingerprint density at radius 2 is 2.13 bits per heavy atom. The summed E-state index contributed by atoms with van der Waals surface area (Å²) in [7, 11) is 12.7. The molecule has 0 amide bonds. The van der Waals surface area contributed by atoms with E-state index in [9.17, 15) is 5.11 Å². The number of hydrogen-bond donors (Lipinski definition) is 1. The van der Waals surface area contributed by atoms with Crippen LogP contribution in [0.15, 0.2) is 22.8 Å². The standard InChI is InChI=1S/C9H7B2BrN2O/c1-14-4-5-7(12)3-2-6(8(5)13-14)9(10,11)15/h2-4,15H,1H3. The highest BCUT2D eigenvalue weighted by Gasteiger charge is 2.20. The zero-order chi connectivity index (χ0) is 11.2. The van der Waals surface area contributed by atoms with Gasteiger partial charge in [-0.05, 0) is 11.6 Å². The van der Waals surface area contributed by atoms with Crippen LogP contribution in [0.5, 0.6) is 0 Å². The fraction of sp³-hybridized carbons (Fsp3) is 0.222. The first-order chi connectivity index (χ1) is 6.89. The molecular formula is C9H7B2BrN2O. The molecule has 6 heteroatoms. The van der Waals surface area contributed by atoms with Crippen molar-refractivity contribution in [2.24, 2.45) is 7.05 Å². The summed E-state index contributed by atoms with van der Waals surface area (Å²) in [5.74, 6) is 0. The number of halogens is 1. The molecule has 0 spiro atoms. The van der Waals surface area contributed by atoms with Crippen LogP contribution in [0.3, 0.4) is 0 Å². The summed E-state index contributed by atoms with van der Waals surface area (Å²) in [4.78, 5) is 0. The van der Waals surface area contributed by atoms with Gasteiger partial charge in [0.15, 0.2) is 0 Å². The number of fused-ring (bicyclic) bond motifs is 1. The molecule has 0 aliphatic heterocycles. The van der Waals surface area contributed by atoms with Gasteiger partial charge in [0.25, 0.3) is 0 Å². The van der Waals surface area contributed by atoms with Crippen LogP contribution in [0, 0.1) is 0 Å². The van der Waals surface area contributed by atoms with E-state index in [-0.39, 0.29) is 0 Å². The summed E-state index contributed by atoms with van der Waals surface area (Å²) < 4.78 is 2.53. The van der Waals surface area contributed by atoms with E-state index in [0.717, 1.165) is 9.86 Å². The zero-order valence-corrected chi connectivity index (χ0v) is 9.69. The second-order valence-electron chi connectivity index (χ2n) is 3.49. The van der Waals surface area contributed by atoms with Crippen molar-refractivity contribution in [3.05, 3.63) is 28.4 Å². The Kier molecular flexibility index (Phi) is 2.43. The molecule has 1 aromatic heterocycles. The molecule has 1 N–H and O–H groups in total. The molecule has 4 radical (unpaired) electrons. The van der Waals surface area contributed by atoms with Crippen LogP contribution in [0.2, 0.25) is 0 Å². The maximum Gasteiger partial charge on any atom is 0.105 e. The Balaban J connectivity index is 2.83. The third-order valence-electron chi connectivity index (χ3n) is 2.17. The summed E-state index contributed by atoms with van der Waals surface area (Å²) in [6.07, 6.45) is 1.83. The normalized spacial score (nSPS) is 12.2.